The number of hydrogen-bond acceptors (Lipinski definition) is 0. The number of fused-ring (bicyclic) bond motifs is 1. The Morgan fingerprint density at radius 2 is 1.42 bits per heavy atom. The third kappa shape index (κ3) is 3.41. The summed E-state index contributed by atoms with van der Waals surface area (Å²) >= 11 is -3.34. The Hall–Kier alpha value is -1.24. The second kappa shape index (κ2) is 7.39. The van der Waals surface area contributed by atoms with Crippen molar-refractivity contribution in [1.82, 2.24) is 0 Å². The van der Waals surface area contributed by atoms with Crippen LogP contribution in [0.1, 0.15) is 64.7 Å². The van der Waals surface area contributed by atoms with E-state index < -0.39 is 17.4 Å². The first-order valence-corrected chi connectivity index (χ1v) is 25.2. The van der Waals surface area contributed by atoms with E-state index in [9.17, 15) is 0 Å². The van der Waals surface area contributed by atoms with Crippen LogP contribution in [0.2, 0.25) is 9.26 Å². The van der Waals surface area contributed by atoms with Crippen molar-refractivity contribution in [3.63, 3.8) is 0 Å². The summed E-state index contributed by atoms with van der Waals surface area (Å²) in [5.74, 6) is 0.589. The topological polar surface area (TPSA) is 0 Å². The van der Waals surface area contributed by atoms with Gasteiger partial charge in [0, 0.05) is 0 Å². The molecule has 0 heterocycles. The Bertz CT molecular complexity index is 1250. The van der Waals surface area contributed by atoms with Crippen molar-refractivity contribution >= 4 is 12.5 Å². The number of rotatable bonds is 3. The first-order chi connectivity index (χ1) is 14.3. The van der Waals surface area contributed by atoms with Crippen LogP contribution in [-0.2, 0) is 17.4 Å². The normalized spacial score (nSPS) is 21.7. The molecular weight excluding hydrogens is 468 g/mol. The Morgan fingerprint density at radius 1 is 0.839 bits per heavy atom. The Kier molecular flexibility index (Phi) is 5.47. The van der Waals surface area contributed by atoms with Crippen LogP contribution in [0.25, 0.3) is 5.57 Å². The van der Waals surface area contributed by atoms with Crippen molar-refractivity contribution in [2.45, 2.75) is 61.4 Å². The number of aryl methyl sites for hydroxylation is 2. The fourth-order valence-corrected chi connectivity index (χ4v) is 24.9. The molecule has 0 aromatic heterocycles. The third-order valence-electron chi connectivity index (χ3n) is 8.68. The van der Waals surface area contributed by atoms with Crippen molar-refractivity contribution in [2.24, 2.45) is 5.92 Å². The molecule has 0 saturated heterocycles. The molecule has 4 rings (SSSR count). The number of allylic oxidation sites excluding steroid dienone is 5. The molecule has 2 unspecified atom stereocenters. The van der Waals surface area contributed by atoms with Crippen molar-refractivity contribution in [1.29, 1.82) is 0 Å². The molecule has 2 aliphatic carbocycles. The molecule has 31 heavy (non-hydrogen) atoms. The summed E-state index contributed by atoms with van der Waals surface area (Å²) in [6.07, 6.45) is 2.67. The molecule has 2 aromatic rings. The molecule has 2 atom stereocenters. The first-order valence-electron chi connectivity index (χ1n) is 11.7. The predicted molar refractivity (Wildman–Crippen MR) is 137 cm³/mol. The standard InChI is InChI=1S/C18H17.C9H13.2CH3.H2Si.Zr/c1-12-10-16(11-13(2)14(12)3)18-9-8-15-6-4-5-7-17(15)18;1-6-5-7(2)9(4)8(6)3;;;;/h4-11H,1-3H3;6H,1-4H3;2*1H3;1H2;. The molecule has 2 heteroatoms. The van der Waals surface area contributed by atoms with Crippen molar-refractivity contribution in [3.8, 4) is 0 Å². The Balaban J connectivity index is 1.95. The number of hydrogen-bond donors (Lipinski definition) is 0. The average molecular weight is 506 g/mol. The molecule has 0 nitrogen and oxygen atoms in total. The second-order valence-corrected chi connectivity index (χ2v) is 40.8. The van der Waals surface area contributed by atoms with Gasteiger partial charge in [0.25, 0.3) is 0 Å². The summed E-state index contributed by atoms with van der Waals surface area (Å²) in [6, 6.07) is 14.0. The van der Waals surface area contributed by atoms with Gasteiger partial charge in [0.2, 0.25) is 0 Å². The molecule has 0 amide bonds. The molecule has 0 bridgehead atoms. The first kappa shape index (κ1) is 22.9. The van der Waals surface area contributed by atoms with E-state index in [0.29, 0.717) is 9.54 Å². The van der Waals surface area contributed by atoms with E-state index in [0.717, 1.165) is 0 Å². The quantitative estimate of drug-likeness (QED) is 0.375. The fourth-order valence-electron chi connectivity index (χ4n) is 6.43. The van der Waals surface area contributed by atoms with Crippen molar-refractivity contribution in [2.75, 3.05) is 0 Å². The third-order valence-corrected chi connectivity index (χ3v) is 25.9. The summed E-state index contributed by atoms with van der Waals surface area (Å²) in [6.45, 7) is 18.7. The molecular formula is C29H38SiZr. The Morgan fingerprint density at radius 3 is 1.97 bits per heavy atom. The summed E-state index contributed by atoms with van der Waals surface area (Å²) < 4.78 is 7.78. The molecule has 2 aromatic carbocycles. The molecule has 0 aliphatic heterocycles. The molecule has 0 fully saturated rings. The van der Waals surface area contributed by atoms with E-state index in [1.807, 2.05) is 3.28 Å². The molecule has 162 valence electrons. The van der Waals surface area contributed by atoms with E-state index in [4.69, 9.17) is 0 Å². The van der Waals surface area contributed by atoms with Gasteiger partial charge in [-0.1, -0.05) is 0 Å². The monoisotopic (exact) mass is 504 g/mol. The van der Waals surface area contributed by atoms with Crippen LogP contribution in [0.4, 0.5) is 0 Å². The van der Waals surface area contributed by atoms with E-state index in [2.05, 4.69) is 107 Å². The van der Waals surface area contributed by atoms with Gasteiger partial charge in [-0.15, -0.1) is 0 Å². The van der Waals surface area contributed by atoms with E-state index in [1.54, 1.807) is 22.3 Å². The molecule has 0 radical (unpaired) electrons. The average Bonchev–Trinajstić information content (AvgIpc) is 3.19. The van der Waals surface area contributed by atoms with E-state index in [-0.39, 0.29) is 0 Å². The maximum absolute atomic E-state index is 3.34. The van der Waals surface area contributed by atoms with Crippen molar-refractivity contribution in [3.05, 3.63) is 95.9 Å². The molecule has 0 spiro atoms. The summed E-state index contributed by atoms with van der Waals surface area (Å²) in [5.41, 5.74) is 14.8. The van der Waals surface area contributed by atoms with Crippen LogP contribution in [-0.4, -0.2) is 6.88 Å². The van der Waals surface area contributed by atoms with Crippen LogP contribution in [0.3, 0.4) is 0 Å². The van der Waals surface area contributed by atoms with Crippen LogP contribution in [0.15, 0.2) is 62.5 Å². The van der Waals surface area contributed by atoms with Gasteiger partial charge < -0.3 is 0 Å². The van der Waals surface area contributed by atoms with Crippen LogP contribution < -0.4 is 0 Å². The second-order valence-electron chi connectivity index (χ2n) is 11.3. The van der Waals surface area contributed by atoms with Gasteiger partial charge in [-0.25, -0.2) is 0 Å². The van der Waals surface area contributed by atoms with Crippen LogP contribution in [0.5, 0.6) is 0 Å². The number of benzene rings is 2. The zero-order valence-corrected chi connectivity index (χ0v) is 24.8. The minimum absolute atomic E-state index is 0.555. The van der Waals surface area contributed by atoms with E-state index in [1.165, 1.54) is 33.4 Å². The fraction of sp³-hybridized carbons (Fsp3) is 0.379. The van der Waals surface area contributed by atoms with E-state index >= 15 is 0 Å². The minimum atomic E-state index is -3.34. The summed E-state index contributed by atoms with van der Waals surface area (Å²) in [5, 5.41) is 0. The summed E-state index contributed by atoms with van der Waals surface area (Å²) in [7, 11) is 0. The van der Waals surface area contributed by atoms with Crippen LogP contribution >= 0.6 is 0 Å². The SMILES string of the molecule is CC1=C(C)C(C)[C]([Zr]([CH3])([CH3])(=[SiH2])[CH]2C=C(c3cc(C)c(C)c(C)c3)c3ccccc32)=C1C. The van der Waals surface area contributed by atoms with Gasteiger partial charge in [0.1, 0.15) is 0 Å². The zero-order chi connectivity index (χ0) is 22.9. The zero-order valence-electron chi connectivity index (χ0n) is 20.9. The summed E-state index contributed by atoms with van der Waals surface area (Å²) in [4.78, 5) is 0. The van der Waals surface area contributed by atoms with Gasteiger partial charge >= 0.3 is 193 Å². The van der Waals surface area contributed by atoms with Crippen LogP contribution in [0, 0.1) is 26.7 Å². The van der Waals surface area contributed by atoms with Gasteiger partial charge in [0.15, 0.2) is 0 Å². The van der Waals surface area contributed by atoms with Gasteiger partial charge in [-0.2, -0.15) is 0 Å². The van der Waals surface area contributed by atoms with Gasteiger partial charge in [-0.05, 0) is 0 Å². The van der Waals surface area contributed by atoms with Crippen molar-refractivity contribution < 1.29 is 17.4 Å². The maximum atomic E-state index is 2.70. The van der Waals surface area contributed by atoms with Gasteiger partial charge in [-0.3, -0.25) is 0 Å². The molecule has 0 saturated carbocycles. The van der Waals surface area contributed by atoms with Gasteiger partial charge in [0.05, 0.1) is 0 Å². The predicted octanol–water partition coefficient (Wildman–Crippen LogP) is 7.69. The molecule has 0 N–H and O–H groups in total. The Labute approximate surface area is 192 Å². The molecule has 2 aliphatic rings.